The maximum absolute atomic E-state index is 5.35. The second kappa shape index (κ2) is 8.15. The summed E-state index contributed by atoms with van der Waals surface area (Å²) in [7, 11) is 1.69. The van der Waals surface area contributed by atoms with Crippen LogP contribution in [-0.2, 0) is 6.42 Å². The van der Waals surface area contributed by atoms with Gasteiger partial charge in [-0.15, -0.1) is 0 Å². The molecule has 0 fully saturated rings. The van der Waals surface area contributed by atoms with Gasteiger partial charge in [-0.05, 0) is 48.9 Å². The number of rotatable bonds is 7. The third-order valence-corrected chi connectivity index (χ3v) is 4.08. The molecule has 0 aliphatic heterocycles. The minimum absolute atomic E-state index is 0.212. The van der Waals surface area contributed by atoms with E-state index >= 15 is 0 Å². The first-order chi connectivity index (χ1) is 10.2. The smallest absolute Gasteiger partial charge is 0.119 e. The van der Waals surface area contributed by atoms with Crippen LogP contribution in [0.2, 0.25) is 0 Å². The van der Waals surface area contributed by atoms with Gasteiger partial charge in [0.15, 0.2) is 0 Å². The second-order valence-corrected chi connectivity index (χ2v) is 5.77. The van der Waals surface area contributed by atoms with Crippen LogP contribution in [0, 0.1) is 0 Å². The molecule has 1 atom stereocenters. The van der Waals surface area contributed by atoms with Gasteiger partial charge in [0.25, 0.3) is 0 Å². The molecule has 1 aromatic carbocycles. The molecule has 2 rings (SSSR count). The third-order valence-electron chi connectivity index (χ3n) is 3.36. The van der Waals surface area contributed by atoms with Crippen molar-refractivity contribution in [2.75, 3.05) is 13.7 Å². The molecule has 0 radical (unpaired) electrons. The highest BCUT2D eigenvalue weighted by Gasteiger charge is 2.16. The van der Waals surface area contributed by atoms with Crippen LogP contribution in [0.5, 0.6) is 5.75 Å². The molecule has 1 unspecified atom stereocenters. The number of methoxy groups -OCH3 is 1. The van der Waals surface area contributed by atoms with E-state index in [1.807, 2.05) is 30.5 Å². The minimum atomic E-state index is 0.212. The Hall–Kier alpha value is -1.39. The van der Waals surface area contributed by atoms with Crippen molar-refractivity contribution in [3.05, 3.63) is 58.3 Å². The molecular formula is C17H21BrN2O. The van der Waals surface area contributed by atoms with E-state index in [9.17, 15) is 0 Å². The lowest BCUT2D eigenvalue weighted by molar-refractivity contribution is 0.412. The Bertz CT molecular complexity index is 560. The Kier molecular flexibility index (Phi) is 6.21. The zero-order chi connectivity index (χ0) is 15.1. The first kappa shape index (κ1) is 16.0. The van der Waals surface area contributed by atoms with Gasteiger partial charge >= 0.3 is 0 Å². The van der Waals surface area contributed by atoms with E-state index in [-0.39, 0.29) is 6.04 Å². The van der Waals surface area contributed by atoms with Crippen molar-refractivity contribution < 1.29 is 4.74 Å². The van der Waals surface area contributed by atoms with Crippen molar-refractivity contribution in [2.45, 2.75) is 25.8 Å². The topological polar surface area (TPSA) is 34.2 Å². The van der Waals surface area contributed by atoms with Gasteiger partial charge in [0.1, 0.15) is 5.75 Å². The van der Waals surface area contributed by atoms with Gasteiger partial charge in [-0.1, -0.05) is 28.9 Å². The molecule has 3 nitrogen and oxygen atoms in total. The van der Waals surface area contributed by atoms with Crippen LogP contribution in [0.25, 0.3) is 0 Å². The van der Waals surface area contributed by atoms with Crippen LogP contribution >= 0.6 is 15.9 Å². The van der Waals surface area contributed by atoms with E-state index in [0.717, 1.165) is 35.3 Å². The number of nitrogens with zero attached hydrogens (tertiary/aromatic N) is 1. The summed E-state index contributed by atoms with van der Waals surface area (Å²) in [6.45, 7) is 3.15. The number of hydrogen-bond acceptors (Lipinski definition) is 3. The highest BCUT2D eigenvalue weighted by atomic mass is 79.9. The lowest BCUT2D eigenvalue weighted by Crippen LogP contribution is -2.24. The van der Waals surface area contributed by atoms with Crippen molar-refractivity contribution in [2.24, 2.45) is 0 Å². The average molecular weight is 349 g/mol. The van der Waals surface area contributed by atoms with Crippen molar-refractivity contribution in [1.29, 1.82) is 0 Å². The zero-order valence-corrected chi connectivity index (χ0v) is 14.1. The Morgan fingerprint density at radius 2 is 2.14 bits per heavy atom. The summed E-state index contributed by atoms with van der Waals surface area (Å²) in [5.41, 5.74) is 2.29. The second-order valence-electron chi connectivity index (χ2n) is 4.92. The maximum Gasteiger partial charge on any atom is 0.119 e. The molecule has 0 bridgehead atoms. The Balaban J connectivity index is 2.26. The molecule has 0 amide bonds. The van der Waals surface area contributed by atoms with E-state index in [0.29, 0.717) is 0 Å². The number of benzene rings is 1. The first-order valence-electron chi connectivity index (χ1n) is 7.21. The number of hydrogen-bond donors (Lipinski definition) is 1. The predicted octanol–water partition coefficient (Wildman–Crippen LogP) is 4.14. The van der Waals surface area contributed by atoms with Gasteiger partial charge in [0, 0.05) is 28.8 Å². The molecule has 1 aromatic heterocycles. The summed E-state index contributed by atoms with van der Waals surface area (Å²) < 4.78 is 6.44. The zero-order valence-electron chi connectivity index (χ0n) is 12.5. The van der Waals surface area contributed by atoms with Crippen LogP contribution in [0.3, 0.4) is 0 Å². The summed E-state index contributed by atoms with van der Waals surface area (Å²) in [4.78, 5) is 4.44. The molecule has 1 heterocycles. The van der Waals surface area contributed by atoms with Crippen LogP contribution in [0.15, 0.2) is 47.1 Å². The minimum Gasteiger partial charge on any atom is -0.497 e. The quantitative estimate of drug-likeness (QED) is 0.816. The van der Waals surface area contributed by atoms with Crippen LogP contribution < -0.4 is 10.1 Å². The Morgan fingerprint density at radius 3 is 2.81 bits per heavy atom. The molecule has 21 heavy (non-hydrogen) atoms. The lowest BCUT2D eigenvalue weighted by atomic mass is 10.0. The van der Waals surface area contributed by atoms with Crippen molar-refractivity contribution in [3.63, 3.8) is 0 Å². The van der Waals surface area contributed by atoms with Gasteiger partial charge in [-0.3, -0.25) is 4.98 Å². The number of ether oxygens (including phenoxy) is 1. The van der Waals surface area contributed by atoms with Crippen LogP contribution in [0.4, 0.5) is 0 Å². The fraction of sp³-hybridized carbons (Fsp3) is 0.353. The summed E-state index contributed by atoms with van der Waals surface area (Å²) in [6.07, 6.45) is 3.79. The molecule has 0 saturated carbocycles. The highest BCUT2D eigenvalue weighted by Crippen LogP contribution is 2.29. The molecule has 1 N–H and O–H groups in total. The van der Waals surface area contributed by atoms with E-state index in [1.165, 1.54) is 5.56 Å². The van der Waals surface area contributed by atoms with Crippen molar-refractivity contribution >= 4 is 15.9 Å². The third kappa shape index (κ3) is 4.55. The van der Waals surface area contributed by atoms with Gasteiger partial charge < -0.3 is 10.1 Å². The normalized spacial score (nSPS) is 12.1. The molecule has 0 aliphatic rings. The fourth-order valence-corrected chi connectivity index (χ4v) is 2.78. The van der Waals surface area contributed by atoms with E-state index in [4.69, 9.17) is 4.74 Å². The fourth-order valence-electron chi connectivity index (χ4n) is 2.25. The molecule has 0 saturated heterocycles. The van der Waals surface area contributed by atoms with Gasteiger partial charge in [-0.25, -0.2) is 0 Å². The lowest BCUT2D eigenvalue weighted by Gasteiger charge is -2.20. The highest BCUT2D eigenvalue weighted by molar-refractivity contribution is 9.10. The maximum atomic E-state index is 5.35. The predicted molar refractivity (Wildman–Crippen MR) is 89.7 cm³/mol. The summed E-state index contributed by atoms with van der Waals surface area (Å²) in [6, 6.07) is 12.3. The number of nitrogens with one attached hydrogen (secondary N) is 1. The average Bonchev–Trinajstić information content (AvgIpc) is 2.53. The monoisotopic (exact) mass is 348 g/mol. The number of pyridine rings is 1. The van der Waals surface area contributed by atoms with Gasteiger partial charge in [0.2, 0.25) is 0 Å². The van der Waals surface area contributed by atoms with Crippen LogP contribution in [-0.4, -0.2) is 18.6 Å². The van der Waals surface area contributed by atoms with Crippen LogP contribution in [0.1, 0.15) is 30.6 Å². The summed E-state index contributed by atoms with van der Waals surface area (Å²) in [5.74, 6) is 0.873. The van der Waals surface area contributed by atoms with Crippen molar-refractivity contribution in [3.8, 4) is 5.75 Å². The largest absolute Gasteiger partial charge is 0.497 e. The number of halogens is 1. The molecule has 112 valence electrons. The standard InChI is InChI=1S/C17H21BrN2O/c1-3-9-20-17(11-13-6-4-5-10-19-13)15-12-14(21-2)7-8-16(15)18/h4-8,10,12,17,20H,3,9,11H2,1-2H3. The Morgan fingerprint density at radius 1 is 1.29 bits per heavy atom. The first-order valence-corrected chi connectivity index (χ1v) is 8.00. The van der Waals surface area contributed by atoms with Gasteiger partial charge in [0.05, 0.1) is 7.11 Å². The molecular weight excluding hydrogens is 328 g/mol. The molecule has 0 spiro atoms. The molecule has 0 aliphatic carbocycles. The van der Waals surface area contributed by atoms with E-state index in [2.05, 4.69) is 45.3 Å². The van der Waals surface area contributed by atoms with Crippen molar-refractivity contribution in [1.82, 2.24) is 10.3 Å². The van der Waals surface area contributed by atoms with E-state index in [1.54, 1.807) is 7.11 Å². The van der Waals surface area contributed by atoms with Gasteiger partial charge in [-0.2, -0.15) is 0 Å². The number of aromatic nitrogens is 1. The Labute approximate surface area is 134 Å². The molecule has 4 heteroatoms. The molecule has 2 aromatic rings. The summed E-state index contributed by atoms with van der Waals surface area (Å²) >= 11 is 3.65. The SMILES string of the molecule is CCCNC(Cc1ccccn1)c1cc(OC)ccc1Br. The van der Waals surface area contributed by atoms with E-state index < -0.39 is 0 Å². The summed E-state index contributed by atoms with van der Waals surface area (Å²) in [5, 5.41) is 3.60.